The number of rotatable bonds is 5. The molecule has 0 radical (unpaired) electrons. The summed E-state index contributed by atoms with van der Waals surface area (Å²) in [5.74, 6) is -0.0249. The van der Waals surface area contributed by atoms with Crippen LogP contribution in [0.3, 0.4) is 0 Å². The molecule has 1 aromatic rings. The highest BCUT2D eigenvalue weighted by Gasteiger charge is 2.11. The van der Waals surface area contributed by atoms with Crippen LogP contribution in [0.2, 0.25) is 0 Å². The van der Waals surface area contributed by atoms with Crippen molar-refractivity contribution in [1.29, 1.82) is 0 Å². The molecule has 5 nitrogen and oxygen atoms in total. The van der Waals surface area contributed by atoms with Gasteiger partial charge in [0.05, 0.1) is 0 Å². The number of hydrogen-bond acceptors (Lipinski definition) is 4. The molecule has 15 heavy (non-hydrogen) atoms. The van der Waals surface area contributed by atoms with Gasteiger partial charge in [0.25, 0.3) is 0 Å². The zero-order valence-electron chi connectivity index (χ0n) is 8.80. The van der Waals surface area contributed by atoms with Crippen LogP contribution in [0.5, 0.6) is 0 Å². The van der Waals surface area contributed by atoms with Gasteiger partial charge in [-0.1, -0.05) is 20.3 Å². The standard InChI is InChI=1S/C10H14N2O3/c1-3-4-7(2)10-12-11-8(15-10)5-6-9(13)14/h5-7H,3-4H2,1-2H3,(H,13,14)/b6-5+. The Labute approximate surface area is 87.8 Å². The van der Waals surface area contributed by atoms with Gasteiger partial charge in [0.15, 0.2) is 0 Å². The highest BCUT2D eigenvalue weighted by atomic mass is 16.4. The Morgan fingerprint density at radius 1 is 1.60 bits per heavy atom. The Morgan fingerprint density at radius 3 is 2.93 bits per heavy atom. The molecule has 1 aromatic heterocycles. The summed E-state index contributed by atoms with van der Waals surface area (Å²) < 4.78 is 5.28. The van der Waals surface area contributed by atoms with Crippen LogP contribution in [-0.2, 0) is 4.79 Å². The van der Waals surface area contributed by atoms with Crippen LogP contribution in [0.15, 0.2) is 10.5 Å². The van der Waals surface area contributed by atoms with Gasteiger partial charge in [-0.3, -0.25) is 0 Å². The SMILES string of the molecule is CCCC(C)c1nnc(/C=C/C(=O)O)o1. The summed E-state index contributed by atoms with van der Waals surface area (Å²) in [7, 11) is 0. The van der Waals surface area contributed by atoms with Crippen molar-refractivity contribution in [2.24, 2.45) is 0 Å². The van der Waals surface area contributed by atoms with Crippen LogP contribution >= 0.6 is 0 Å². The third kappa shape index (κ3) is 3.53. The summed E-state index contributed by atoms with van der Waals surface area (Å²) in [6.07, 6.45) is 4.29. The van der Waals surface area contributed by atoms with E-state index >= 15 is 0 Å². The van der Waals surface area contributed by atoms with E-state index < -0.39 is 5.97 Å². The lowest BCUT2D eigenvalue weighted by Gasteiger charge is -2.01. The van der Waals surface area contributed by atoms with E-state index in [0.29, 0.717) is 5.89 Å². The number of carboxylic acids is 1. The van der Waals surface area contributed by atoms with Gasteiger partial charge in [-0.25, -0.2) is 4.79 Å². The molecule has 1 unspecified atom stereocenters. The molecule has 0 fully saturated rings. The van der Waals surface area contributed by atoms with Crippen LogP contribution in [0.1, 0.15) is 44.4 Å². The molecule has 82 valence electrons. The van der Waals surface area contributed by atoms with E-state index in [1.54, 1.807) is 0 Å². The van der Waals surface area contributed by atoms with Gasteiger partial charge in [0.1, 0.15) is 0 Å². The van der Waals surface area contributed by atoms with E-state index in [1.165, 1.54) is 6.08 Å². The van der Waals surface area contributed by atoms with E-state index in [9.17, 15) is 4.79 Å². The third-order valence-corrected chi connectivity index (χ3v) is 1.97. The monoisotopic (exact) mass is 210 g/mol. The molecule has 0 aliphatic heterocycles. The van der Waals surface area contributed by atoms with Crippen molar-refractivity contribution < 1.29 is 14.3 Å². The third-order valence-electron chi connectivity index (χ3n) is 1.97. The van der Waals surface area contributed by atoms with Gasteiger partial charge in [-0.15, -0.1) is 10.2 Å². The second-order valence-corrected chi connectivity index (χ2v) is 3.34. The molecule has 0 amide bonds. The molecule has 1 atom stereocenters. The maximum Gasteiger partial charge on any atom is 0.328 e. The van der Waals surface area contributed by atoms with Crippen molar-refractivity contribution in [3.63, 3.8) is 0 Å². The van der Waals surface area contributed by atoms with E-state index in [0.717, 1.165) is 18.9 Å². The Bertz CT molecular complexity index is 357. The van der Waals surface area contributed by atoms with Gasteiger partial charge < -0.3 is 9.52 Å². The van der Waals surface area contributed by atoms with E-state index in [-0.39, 0.29) is 11.8 Å². The van der Waals surface area contributed by atoms with Crippen molar-refractivity contribution in [2.75, 3.05) is 0 Å². The molecule has 0 aliphatic rings. The Kier molecular flexibility index (Phi) is 4.03. The van der Waals surface area contributed by atoms with Gasteiger partial charge in [-0.05, 0) is 6.42 Å². The Morgan fingerprint density at radius 2 is 2.33 bits per heavy atom. The fourth-order valence-corrected chi connectivity index (χ4v) is 1.21. The van der Waals surface area contributed by atoms with Gasteiger partial charge >= 0.3 is 5.97 Å². The van der Waals surface area contributed by atoms with Crippen LogP contribution in [0.4, 0.5) is 0 Å². The molecule has 0 bridgehead atoms. The quantitative estimate of drug-likeness (QED) is 0.753. The highest BCUT2D eigenvalue weighted by Crippen LogP contribution is 2.19. The molecule has 0 aromatic carbocycles. The molecule has 5 heteroatoms. The molecule has 0 spiro atoms. The summed E-state index contributed by atoms with van der Waals surface area (Å²) in [4.78, 5) is 10.2. The summed E-state index contributed by atoms with van der Waals surface area (Å²) in [6, 6.07) is 0. The zero-order valence-corrected chi connectivity index (χ0v) is 8.80. The summed E-state index contributed by atoms with van der Waals surface area (Å²) >= 11 is 0. The maximum absolute atomic E-state index is 10.2. The topological polar surface area (TPSA) is 76.2 Å². The van der Waals surface area contributed by atoms with Crippen LogP contribution in [0.25, 0.3) is 6.08 Å². The van der Waals surface area contributed by atoms with E-state index in [4.69, 9.17) is 9.52 Å². The summed E-state index contributed by atoms with van der Waals surface area (Å²) in [6.45, 7) is 4.08. The molecule has 1 heterocycles. The molecule has 0 aliphatic carbocycles. The first kappa shape index (κ1) is 11.4. The predicted molar refractivity (Wildman–Crippen MR) is 54.3 cm³/mol. The highest BCUT2D eigenvalue weighted by molar-refractivity contribution is 5.84. The van der Waals surface area contributed by atoms with Crippen molar-refractivity contribution in [3.8, 4) is 0 Å². The number of hydrogen-bond donors (Lipinski definition) is 1. The first-order chi connectivity index (χ1) is 7.13. The lowest BCUT2D eigenvalue weighted by atomic mass is 10.1. The first-order valence-electron chi connectivity index (χ1n) is 4.88. The first-order valence-corrected chi connectivity index (χ1v) is 4.88. The number of carboxylic acid groups (broad SMARTS) is 1. The number of carbonyl (C=O) groups is 1. The van der Waals surface area contributed by atoms with Crippen LogP contribution in [0, 0.1) is 0 Å². The minimum atomic E-state index is -1.03. The van der Waals surface area contributed by atoms with Crippen molar-refractivity contribution in [1.82, 2.24) is 10.2 Å². The normalized spacial score (nSPS) is 13.2. The minimum absolute atomic E-state index is 0.217. The van der Waals surface area contributed by atoms with Crippen LogP contribution in [-0.4, -0.2) is 21.3 Å². The van der Waals surface area contributed by atoms with E-state index in [1.807, 2.05) is 6.92 Å². The molecular weight excluding hydrogens is 196 g/mol. The Hall–Kier alpha value is -1.65. The molecule has 0 saturated carbocycles. The summed E-state index contributed by atoms with van der Waals surface area (Å²) in [5.41, 5.74) is 0. The molecule has 1 rings (SSSR count). The smallest absolute Gasteiger partial charge is 0.328 e. The van der Waals surface area contributed by atoms with Crippen molar-refractivity contribution in [2.45, 2.75) is 32.6 Å². The van der Waals surface area contributed by atoms with Gasteiger partial charge in [0.2, 0.25) is 11.8 Å². The number of aliphatic carboxylic acids is 1. The molecular formula is C10H14N2O3. The predicted octanol–water partition coefficient (Wildman–Crippen LogP) is 2.07. The fraction of sp³-hybridized carbons (Fsp3) is 0.500. The molecule has 0 saturated heterocycles. The number of nitrogens with zero attached hydrogens (tertiary/aromatic N) is 2. The fourth-order valence-electron chi connectivity index (χ4n) is 1.21. The average molecular weight is 210 g/mol. The largest absolute Gasteiger partial charge is 0.478 e. The lowest BCUT2D eigenvalue weighted by molar-refractivity contribution is -0.131. The second-order valence-electron chi connectivity index (χ2n) is 3.34. The second kappa shape index (κ2) is 5.29. The average Bonchev–Trinajstić information content (AvgIpc) is 2.63. The molecule has 1 N–H and O–H groups in total. The minimum Gasteiger partial charge on any atom is -0.478 e. The van der Waals surface area contributed by atoms with Crippen LogP contribution < -0.4 is 0 Å². The van der Waals surface area contributed by atoms with Gasteiger partial charge in [-0.2, -0.15) is 0 Å². The lowest BCUT2D eigenvalue weighted by Crippen LogP contribution is -1.92. The summed E-state index contributed by atoms with van der Waals surface area (Å²) in [5, 5.41) is 16.0. The van der Waals surface area contributed by atoms with Crippen molar-refractivity contribution in [3.05, 3.63) is 17.9 Å². The van der Waals surface area contributed by atoms with Crippen molar-refractivity contribution >= 4 is 12.0 Å². The maximum atomic E-state index is 10.2. The van der Waals surface area contributed by atoms with E-state index in [2.05, 4.69) is 17.1 Å². The number of aromatic nitrogens is 2. The zero-order chi connectivity index (χ0) is 11.3. The van der Waals surface area contributed by atoms with Gasteiger partial charge in [0, 0.05) is 18.1 Å². The Balaban J connectivity index is 2.67.